The molecule has 0 aliphatic carbocycles. The second-order valence-electron chi connectivity index (χ2n) is 3.14. The van der Waals surface area contributed by atoms with Gasteiger partial charge in [0, 0.05) is 20.0 Å². The molecule has 0 fully saturated rings. The number of carbonyl (C=O) groups is 1. The van der Waals surface area contributed by atoms with Gasteiger partial charge in [-0.15, -0.1) is 0 Å². The van der Waals surface area contributed by atoms with Crippen molar-refractivity contribution in [2.24, 2.45) is 5.92 Å². The number of rotatable bonds is 4. The Balaban J connectivity index is 4.05. The highest BCUT2D eigenvalue weighted by atomic mass is 16.2. The molecular weight excluding hydrogens is 150 g/mol. The highest BCUT2D eigenvalue weighted by Gasteiger charge is 2.15. The van der Waals surface area contributed by atoms with Crippen molar-refractivity contribution >= 4 is 5.91 Å². The first-order valence-electron chi connectivity index (χ1n) is 4.45. The maximum atomic E-state index is 11.5. The molecule has 0 unspecified atom stereocenters. The van der Waals surface area contributed by atoms with Crippen LogP contribution in [0, 0.1) is 5.92 Å². The average Bonchev–Trinajstić information content (AvgIpc) is 2.05. The third kappa shape index (κ3) is 3.56. The van der Waals surface area contributed by atoms with Gasteiger partial charge in [-0.05, 0) is 19.8 Å². The summed E-state index contributed by atoms with van der Waals surface area (Å²) in [6.07, 6.45) is 5.83. The van der Waals surface area contributed by atoms with Gasteiger partial charge in [-0.1, -0.05) is 19.1 Å². The summed E-state index contributed by atoms with van der Waals surface area (Å²) < 4.78 is 0. The topological polar surface area (TPSA) is 20.3 Å². The lowest BCUT2D eigenvalue weighted by Gasteiger charge is -2.17. The van der Waals surface area contributed by atoms with Gasteiger partial charge in [0.15, 0.2) is 0 Å². The molecule has 0 radical (unpaired) electrons. The molecule has 1 amide bonds. The van der Waals surface area contributed by atoms with E-state index in [0.717, 1.165) is 12.8 Å². The molecule has 12 heavy (non-hydrogen) atoms. The van der Waals surface area contributed by atoms with Crippen molar-refractivity contribution < 1.29 is 4.79 Å². The highest BCUT2D eigenvalue weighted by molar-refractivity contribution is 5.78. The van der Waals surface area contributed by atoms with Crippen LogP contribution in [0.2, 0.25) is 0 Å². The fourth-order valence-electron chi connectivity index (χ4n) is 1.11. The fourth-order valence-corrected chi connectivity index (χ4v) is 1.11. The van der Waals surface area contributed by atoms with Gasteiger partial charge in [-0.3, -0.25) is 4.79 Å². The molecule has 0 spiro atoms. The molecule has 0 aromatic carbocycles. The zero-order valence-corrected chi connectivity index (χ0v) is 8.50. The zero-order valence-electron chi connectivity index (χ0n) is 8.50. The predicted molar refractivity (Wildman–Crippen MR) is 51.9 cm³/mol. The molecule has 0 bridgehead atoms. The minimum absolute atomic E-state index is 0.163. The number of allylic oxidation sites excluding steroid dienone is 2. The monoisotopic (exact) mass is 169 g/mol. The molecule has 70 valence electrons. The SMILES string of the molecule is C/C=C/C[C@@H](CC)C(=O)N(C)C. The average molecular weight is 169 g/mol. The van der Waals surface area contributed by atoms with E-state index in [1.54, 1.807) is 19.0 Å². The van der Waals surface area contributed by atoms with E-state index in [2.05, 4.69) is 13.0 Å². The lowest BCUT2D eigenvalue weighted by atomic mass is 10.0. The number of hydrogen-bond acceptors (Lipinski definition) is 1. The van der Waals surface area contributed by atoms with Crippen LogP contribution in [-0.4, -0.2) is 24.9 Å². The van der Waals surface area contributed by atoms with Crippen LogP contribution >= 0.6 is 0 Å². The first-order valence-corrected chi connectivity index (χ1v) is 4.45. The smallest absolute Gasteiger partial charge is 0.225 e. The van der Waals surface area contributed by atoms with Crippen LogP contribution in [0.1, 0.15) is 26.7 Å². The molecule has 0 N–H and O–H groups in total. The number of amides is 1. The Hall–Kier alpha value is -0.790. The van der Waals surface area contributed by atoms with Crippen LogP contribution in [-0.2, 0) is 4.79 Å². The molecule has 0 heterocycles. The van der Waals surface area contributed by atoms with E-state index >= 15 is 0 Å². The largest absolute Gasteiger partial charge is 0.349 e. The lowest BCUT2D eigenvalue weighted by molar-refractivity contribution is -0.132. The summed E-state index contributed by atoms with van der Waals surface area (Å²) >= 11 is 0. The third-order valence-electron chi connectivity index (χ3n) is 1.94. The third-order valence-corrected chi connectivity index (χ3v) is 1.94. The van der Waals surface area contributed by atoms with E-state index in [1.165, 1.54) is 0 Å². The van der Waals surface area contributed by atoms with Gasteiger partial charge < -0.3 is 4.90 Å². The standard InChI is InChI=1S/C10H19NO/c1-5-7-8-9(6-2)10(12)11(3)4/h5,7,9H,6,8H2,1-4H3/b7-5+/t9-/m1/s1. The Labute approximate surface area is 75.3 Å². The van der Waals surface area contributed by atoms with Gasteiger partial charge in [0.1, 0.15) is 0 Å². The normalized spacial score (nSPS) is 13.3. The summed E-state index contributed by atoms with van der Waals surface area (Å²) in [5.74, 6) is 0.395. The molecule has 0 aromatic rings. The maximum absolute atomic E-state index is 11.5. The predicted octanol–water partition coefficient (Wildman–Crippen LogP) is 2.07. The Morgan fingerprint density at radius 2 is 2.08 bits per heavy atom. The number of nitrogens with zero attached hydrogens (tertiary/aromatic N) is 1. The van der Waals surface area contributed by atoms with Crippen LogP contribution in [0.15, 0.2) is 12.2 Å². The fraction of sp³-hybridized carbons (Fsp3) is 0.700. The van der Waals surface area contributed by atoms with Gasteiger partial charge in [-0.2, -0.15) is 0 Å². The van der Waals surface area contributed by atoms with Crippen LogP contribution in [0.4, 0.5) is 0 Å². The van der Waals surface area contributed by atoms with E-state index in [9.17, 15) is 4.79 Å². The summed E-state index contributed by atoms with van der Waals surface area (Å²) in [5, 5.41) is 0. The van der Waals surface area contributed by atoms with Crippen molar-refractivity contribution in [1.29, 1.82) is 0 Å². The molecular formula is C10H19NO. The van der Waals surface area contributed by atoms with Crippen molar-refractivity contribution in [2.75, 3.05) is 14.1 Å². The van der Waals surface area contributed by atoms with Gasteiger partial charge in [0.25, 0.3) is 0 Å². The van der Waals surface area contributed by atoms with Crippen LogP contribution in [0.3, 0.4) is 0 Å². The van der Waals surface area contributed by atoms with E-state index in [0.29, 0.717) is 0 Å². The summed E-state index contributed by atoms with van der Waals surface area (Å²) in [5.41, 5.74) is 0. The first kappa shape index (κ1) is 11.2. The Kier molecular flexibility index (Phi) is 5.43. The van der Waals surface area contributed by atoms with E-state index in [-0.39, 0.29) is 11.8 Å². The van der Waals surface area contributed by atoms with Gasteiger partial charge >= 0.3 is 0 Å². The summed E-state index contributed by atoms with van der Waals surface area (Å²) in [6.45, 7) is 4.03. The quantitative estimate of drug-likeness (QED) is 0.590. The van der Waals surface area contributed by atoms with Crippen LogP contribution in [0.25, 0.3) is 0 Å². The minimum atomic E-state index is 0.163. The molecule has 0 rings (SSSR count). The summed E-state index contributed by atoms with van der Waals surface area (Å²) in [4.78, 5) is 13.1. The molecule has 0 saturated carbocycles. The van der Waals surface area contributed by atoms with Crippen LogP contribution < -0.4 is 0 Å². The summed E-state index contributed by atoms with van der Waals surface area (Å²) in [6, 6.07) is 0. The highest BCUT2D eigenvalue weighted by Crippen LogP contribution is 2.11. The van der Waals surface area contributed by atoms with E-state index in [1.807, 2.05) is 13.0 Å². The molecule has 0 aliphatic heterocycles. The second-order valence-corrected chi connectivity index (χ2v) is 3.14. The minimum Gasteiger partial charge on any atom is -0.349 e. The molecule has 0 aromatic heterocycles. The van der Waals surface area contributed by atoms with Crippen molar-refractivity contribution in [3.05, 3.63) is 12.2 Å². The second kappa shape index (κ2) is 5.81. The van der Waals surface area contributed by atoms with Crippen molar-refractivity contribution in [3.8, 4) is 0 Å². The Morgan fingerprint density at radius 1 is 1.50 bits per heavy atom. The molecule has 1 atom stereocenters. The molecule has 0 saturated heterocycles. The number of hydrogen-bond donors (Lipinski definition) is 0. The number of carbonyl (C=O) groups excluding carboxylic acids is 1. The van der Waals surface area contributed by atoms with E-state index < -0.39 is 0 Å². The van der Waals surface area contributed by atoms with Gasteiger partial charge in [0.2, 0.25) is 5.91 Å². The summed E-state index contributed by atoms with van der Waals surface area (Å²) in [7, 11) is 3.61. The molecule has 2 heteroatoms. The van der Waals surface area contributed by atoms with E-state index in [4.69, 9.17) is 0 Å². The maximum Gasteiger partial charge on any atom is 0.225 e. The van der Waals surface area contributed by atoms with Crippen molar-refractivity contribution in [1.82, 2.24) is 4.90 Å². The van der Waals surface area contributed by atoms with Gasteiger partial charge in [-0.25, -0.2) is 0 Å². The molecule has 2 nitrogen and oxygen atoms in total. The van der Waals surface area contributed by atoms with Crippen molar-refractivity contribution in [3.63, 3.8) is 0 Å². The zero-order chi connectivity index (χ0) is 9.56. The van der Waals surface area contributed by atoms with Crippen molar-refractivity contribution in [2.45, 2.75) is 26.7 Å². The Bertz CT molecular complexity index is 161. The van der Waals surface area contributed by atoms with Gasteiger partial charge in [0.05, 0.1) is 0 Å². The van der Waals surface area contributed by atoms with Crippen LogP contribution in [0.5, 0.6) is 0 Å². The lowest BCUT2D eigenvalue weighted by Crippen LogP contribution is -2.28. The first-order chi connectivity index (χ1) is 5.63. The molecule has 0 aliphatic rings. The Morgan fingerprint density at radius 3 is 2.42 bits per heavy atom.